The lowest BCUT2D eigenvalue weighted by molar-refractivity contribution is 0.352. The molecule has 0 amide bonds. The molecule has 64 valence electrons. The summed E-state index contributed by atoms with van der Waals surface area (Å²) in [4.78, 5) is 0. The molecule has 0 saturated carbocycles. The largest absolute Gasteiger partial charge is 0.313 e. The SMILES string of the molecule is C=C(C)C1CSCC1(C)NC. The standard InChI is InChI=1S/C9H17NS/c1-7(2)8-5-11-6-9(8,3)10-4/h8,10H,1,5-6H2,2-4H3. The summed E-state index contributed by atoms with van der Waals surface area (Å²) >= 11 is 2.02. The van der Waals surface area contributed by atoms with Gasteiger partial charge in [0.05, 0.1) is 0 Å². The number of rotatable bonds is 2. The lowest BCUT2D eigenvalue weighted by Gasteiger charge is -2.30. The molecule has 2 heteroatoms. The van der Waals surface area contributed by atoms with Gasteiger partial charge in [-0.3, -0.25) is 0 Å². The molecule has 1 N–H and O–H groups in total. The molecule has 0 aromatic heterocycles. The maximum Gasteiger partial charge on any atom is 0.0313 e. The average Bonchev–Trinajstić information content (AvgIpc) is 2.32. The van der Waals surface area contributed by atoms with Crippen LogP contribution in [-0.2, 0) is 0 Å². The highest BCUT2D eigenvalue weighted by atomic mass is 32.2. The molecule has 1 aliphatic heterocycles. The van der Waals surface area contributed by atoms with Gasteiger partial charge in [0, 0.05) is 23.0 Å². The second-order valence-corrected chi connectivity index (χ2v) is 4.61. The van der Waals surface area contributed by atoms with Crippen molar-refractivity contribution < 1.29 is 0 Å². The van der Waals surface area contributed by atoms with E-state index in [0.717, 1.165) is 0 Å². The van der Waals surface area contributed by atoms with Gasteiger partial charge in [0.15, 0.2) is 0 Å². The summed E-state index contributed by atoms with van der Waals surface area (Å²) < 4.78 is 0. The average molecular weight is 171 g/mol. The van der Waals surface area contributed by atoms with E-state index in [9.17, 15) is 0 Å². The van der Waals surface area contributed by atoms with E-state index in [1.54, 1.807) is 0 Å². The molecule has 0 spiro atoms. The molecule has 2 unspecified atom stereocenters. The predicted molar refractivity (Wildman–Crippen MR) is 53.1 cm³/mol. The van der Waals surface area contributed by atoms with Crippen molar-refractivity contribution in [1.82, 2.24) is 5.32 Å². The highest BCUT2D eigenvalue weighted by Gasteiger charge is 2.37. The fraction of sp³-hybridized carbons (Fsp3) is 0.778. The minimum atomic E-state index is 0.288. The molecular weight excluding hydrogens is 154 g/mol. The van der Waals surface area contributed by atoms with Crippen LogP contribution < -0.4 is 5.32 Å². The summed E-state index contributed by atoms with van der Waals surface area (Å²) in [6.45, 7) is 8.44. The quantitative estimate of drug-likeness (QED) is 0.637. The topological polar surface area (TPSA) is 12.0 Å². The predicted octanol–water partition coefficient (Wildman–Crippen LogP) is 1.90. The molecule has 1 saturated heterocycles. The van der Waals surface area contributed by atoms with E-state index >= 15 is 0 Å². The number of hydrogen-bond acceptors (Lipinski definition) is 2. The second kappa shape index (κ2) is 3.20. The highest BCUT2D eigenvalue weighted by Crippen LogP contribution is 2.36. The van der Waals surface area contributed by atoms with E-state index in [0.29, 0.717) is 5.92 Å². The fourth-order valence-corrected chi connectivity index (χ4v) is 3.38. The number of hydrogen-bond donors (Lipinski definition) is 1. The van der Waals surface area contributed by atoms with Crippen LogP contribution in [0.15, 0.2) is 12.2 Å². The maximum absolute atomic E-state index is 4.03. The smallest absolute Gasteiger partial charge is 0.0313 e. The summed E-state index contributed by atoms with van der Waals surface area (Å²) in [6.07, 6.45) is 0. The first kappa shape index (κ1) is 9.14. The van der Waals surface area contributed by atoms with Gasteiger partial charge >= 0.3 is 0 Å². The Hall–Kier alpha value is 0.0500. The minimum absolute atomic E-state index is 0.288. The van der Waals surface area contributed by atoms with Gasteiger partial charge < -0.3 is 5.32 Å². The third-order valence-corrected chi connectivity index (χ3v) is 3.99. The van der Waals surface area contributed by atoms with Crippen LogP contribution in [0.1, 0.15) is 13.8 Å². The Balaban J connectivity index is 2.72. The van der Waals surface area contributed by atoms with Crippen LogP contribution in [0, 0.1) is 5.92 Å². The molecule has 1 aliphatic rings. The fourth-order valence-electron chi connectivity index (χ4n) is 1.61. The third kappa shape index (κ3) is 1.62. The lowest BCUT2D eigenvalue weighted by Crippen LogP contribution is -2.46. The van der Waals surface area contributed by atoms with Crippen LogP contribution in [-0.4, -0.2) is 24.1 Å². The Labute approximate surface area is 73.6 Å². The monoisotopic (exact) mass is 171 g/mol. The van der Waals surface area contributed by atoms with Crippen LogP contribution in [0.3, 0.4) is 0 Å². The molecule has 1 heterocycles. The lowest BCUT2D eigenvalue weighted by atomic mass is 9.85. The molecule has 2 atom stereocenters. The van der Waals surface area contributed by atoms with E-state index in [2.05, 4.69) is 25.7 Å². The van der Waals surface area contributed by atoms with Crippen LogP contribution in [0.25, 0.3) is 0 Å². The van der Waals surface area contributed by atoms with Gasteiger partial charge in [0.1, 0.15) is 0 Å². The Kier molecular flexibility index (Phi) is 2.66. The van der Waals surface area contributed by atoms with Gasteiger partial charge in [-0.25, -0.2) is 0 Å². The van der Waals surface area contributed by atoms with Crippen molar-refractivity contribution in [3.8, 4) is 0 Å². The summed E-state index contributed by atoms with van der Waals surface area (Å²) in [5.41, 5.74) is 1.60. The van der Waals surface area contributed by atoms with E-state index in [1.165, 1.54) is 17.1 Å². The van der Waals surface area contributed by atoms with Crippen molar-refractivity contribution >= 4 is 11.8 Å². The zero-order chi connectivity index (χ0) is 8.48. The zero-order valence-electron chi connectivity index (χ0n) is 7.61. The first-order valence-corrected chi connectivity index (χ1v) is 5.17. The van der Waals surface area contributed by atoms with Crippen molar-refractivity contribution in [2.45, 2.75) is 19.4 Å². The molecule has 0 radical (unpaired) electrons. The molecule has 0 aromatic carbocycles. The second-order valence-electron chi connectivity index (χ2n) is 3.58. The molecule has 0 aliphatic carbocycles. The zero-order valence-corrected chi connectivity index (χ0v) is 8.42. The summed E-state index contributed by atoms with van der Waals surface area (Å²) in [5, 5.41) is 3.39. The van der Waals surface area contributed by atoms with E-state index in [1.807, 2.05) is 18.8 Å². The van der Waals surface area contributed by atoms with Gasteiger partial charge in [0.25, 0.3) is 0 Å². The van der Waals surface area contributed by atoms with Crippen LogP contribution in [0.2, 0.25) is 0 Å². The normalized spacial score (nSPS) is 37.5. The Morgan fingerprint density at radius 1 is 1.73 bits per heavy atom. The summed E-state index contributed by atoms with van der Waals surface area (Å²) in [5.74, 6) is 3.09. The number of nitrogens with one attached hydrogen (secondary N) is 1. The van der Waals surface area contributed by atoms with E-state index < -0.39 is 0 Å². The van der Waals surface area contributed by atoms with Gasteiger partial charge in [-0.2, -0.15) is 11.8 Å². The van der Waals surface area contributed by atoms with Crippen molar-refractivity contribution in [2.24, 2.45) is 5.92 Å². The van der Waals surface area contributed by atoms with Gasteiger partial charge in [0.2, 0.25) is 0 Å². The molecule has 1 fully saturated rings. The Morgan fingerprint density at radius 2 is 2.36 bits per heavy atom. The highest BCUT2D eigenvalue weighted by molar-refractivity contribution is 7.99. The Bertz CT molecular complexity index is 167. The van der Waals surface area contributed by atoms with E-state index in [-0.39, 0.29) is 5.54 Å². The Morgan fingerprint density at radius 3 is 2.73 bits per heavy atom. The summed E-state index contributed by atoms with van der Waals surface area (Å²) in [6, 6.07) is 0. The molecule has 0 aromatic rings. The van der Waals surface area contributed by atoms with Crippen molar-refractivity contribution in [3.05, 3.63) is 12.2 Å². The molecular formula is C9H17NS. The van der Waals surface area contributed by atoms with Gasteiger partial charge in [-0.05, 0) is 20.9 Å². The van der Waals surface area contributed by atoms with Crippen molar-refractivity contribution in [2.75, 3.05) is 18.6 Å². The van der Waals surface area contributed by atoms with Gasteiger partial charge in [-0.1, -0.05) is 12.2 Å². The molecule has 1 nitrogen and oxygen atoms in total. The number of thioether (sulfide) groups is 1. The maximum atomic E-state index is 4.03. The first-order valence-electron chi connectivity index (χ1n) is 4.02. The summed E-state index contributed by atoms with van der Waals surface area (Å²) in [7, 11) is 2.04. The third-order valence-electron chi connectivity index (χ3n) is 2.62. The molecule has 0 bridgehead atoms. The first-order chi connectivity index (χ1) is 5.10. The molecule has 11 heavy (non-hydrogen) atoms. The van der Waals surface area contributed by atoms with Crippen molar-refractivity contribution in [3.63, 3.8) is 0 Å². The van der Waals surface area contributed by atoms with Gasteiger partial charge in [-0.15, -0.1) is 0 Å². The van der Waals surface area contributed by atoms with Crippen LogP contribution in [0.4, 0.5) is 0 Å². The van der Waals surface area contributed by atoms with Crippen molar-refractivity contribution in [1.29, 1.82) is 0 Å². The van der Waals surface area contributed by atoms with Crippen LogP contribution in [0.5, 0.6) is 0 Å². The molecule has 1 rings (SSSR count). The minimum Gasteiger partial charge on any atom is -0.313 e. The van der Waals surface area contributed by atoms with E-state index in [4.69, 9.17) is 0 Å². The van der Waals surface area contributed by atoms with Crippen LogP contribution >= 0.6 is 11.8 Å².